The van der Waals surface area contributed by atoms with E-state index in [9.17, 15) is 14.0 Å². The van der Waals surface area contributed by atoms with Gasteiger partial charge in [0.2, 0.25) is 0 Å². The lowest BCUT2D eigenvalue weighted by Gasteiger charge is -2.19. The number of carbonyl (C=O) groups excluding carboxylic acids is 2. The van der Waals surface area contributed by atoms with Crippen LogP contribution in [0.5, 0.6) is 5.75 Å². The first-order valence-corrected chi connectivity index (χ1v) is 9.23. The molecule has 1 aliphatic heterocycles. The number of aliphatic hydroxyl groups is 1. The van der Waals surface area contributed by atoms with Gasteiger partial charge in [-0.05, 0) is 42.3 Å². The molecular weight excluding hydrogens is 369 g/mol. The largest absolute Gasteiger partial charge is 0.495 e. The number of amides is 2. The maximum atomic E-state index is 13.3. The van der Waals surface area contributed by atoms with Crippen LogP contribution < -0.4 is 9.64 Å². The fraction of sp³-hybridized carbons (Fsp3) is 0.200. The van der Waals surface area contributed by atoms with E-state index >= 15 is 0 Å². The number of ether oxygens (including phenoxy) is 1. The van der Waals surface area contributed by atoms with Crippen molar-refractivity contribution in [3.63, 3.8) is 0 Å². The number of imide groups is 1. The van der Waals surface area contributed by atoms with E-state index in [1.807, 2.05) is 13.0 Å². The normalized spacial score (nSPS) is 14.3. The molecule has 0 unspecified atom stereocenters. The van der Waals surface area contributed by atoms with Gasteiger partial charge < -0.3 is 9.84 Å². The summed E-state index contributed by atoms with van der Waals surface area (Å²) in [5, 5.41) is 9.15. The monoisotopic (exact) mass is 387 g/mol. The Labute approximate surface area is 160 Å². The molecule has 2 amide bonds. The van der Waals surface area contributed by atoms with Crippen LogP contribution in [-0.2, 0) is 9.59 Å². The number of aryl methyl sites for hydroxylation is 1. The van der Waals surface area contributed by atoms with E-state index in [-0.39, 0.29) is 22.8 Å². The summed E-state index contributed by atoms with van der Waals surface area (Å²) in [6.07, 6.45) is 0. The van der Waals surface area contributed by atoms with Gasteiger partial charge >= 0.3 is 0 Å². The van der Waals surface area contributed by atoms with Crippen LogP contribution in [0.15, 0.2) is 47.4 Å². The van der Waals surface area contributed by atoms with Gasteiger partial charge in [0.1, 0.15) is 11.6 Å². The summed E-state index contributed by atoms with van der Waals surface area (Å²) in [6, 6.07) is 10.6. The zero-order valence-electron chi connectivity index (χ0n) is 14.9. The predicted octanol–water partition coefficient (Wildman–Crippen LogP) is 3.15. The van der Waals surface area contributed by atoms with E-state index in [4.69, 9.17) is 9.84 Å². The van der Waals surface area contributed by atoms with E-state index in [1.54, 1.807) is 12.1 Å². The van der Waals surface area contributed by atoms with Crippen LogP contribution in [0.3, 0.4) is 0 Å². The molecule has 27 heavy (non-hydrogen) atoms. The number of hydrogen-bond acceptors (Lipinski definition) is 5. The molecule has 0 radical (unpaired) electrons. The topological polar surface area (TPSA) is 66.8 Å². The summed E-state index contributed by atoms with van der Waals surface area (Å²) < 4.78 is 18.6. The Morgan fingerprint density at radius 1 is 1.11 bits per heavy atom. The van der Waals surface area contributed by atoms with Crippen molar-refractivity contribution < 1.29 is 23.8 Å². The van der Waals surface area contributed by atoms with Gasteiger partial charge in [0.05, 0.1) is 29.9 Å². The summed E-state index contributed by atoms with van der Waals surface area (Å²) in [6.45, 7) is 1.71. The van der Waals surface area contributed by atoms with Crippen LogP contribution in [0, 0.1) is 12.7 Å². The first-order chi connectivity index (χ1) is 13.0. The summed E-state index contributed by atoms with van der Waals surface area (Å²) in [4.78, 5) is 27.5. The van der Waals surface area contributed by atoms with E-state index < -0.39 is 17.6 Å². The highest BCUT2D eigenvalue weighted by Crippen LogP contribution is 2.41. The first kappa shape index (κ1) is 19.1. The molecule has 0 spiro atoms. The number of rotatable bonds is 6. The average molecular weight is 387 g/mol. The molecule has 0 saturated heterocycles. The van der Waals surface area contributed by atoms with Crippen molar-refractivity contribution in [3.05, 3.63) is 64.3 Å². The Hall–Kier alpha value is -2.64. The molecule has 7 heteroatoms. The van der Waals surface area contributed by atoms with Gasteiger partial charge in [-0.1, -0.05) is 18.2 Å². The summed E-state index contributed by atoms with van der Waals surface area (Å²) >= 11 is 1.10. The summed E-state index contributed by atoms with van der Waals surface area (Å²) in [7, 11) is 1.47. The molecule has 3 rings (SSSR count). The van der Waals surface area contributed by atoms with Crippen molar-refractivity contribution in [3.8, 4) is 5.75 Å². The molecule has 2 aromatic carbocycles. The molecule has 0 atom stereocenters. The SMILES string of the molecule is COc1ccc(C)cc1N1C(=O)C(SCCO)=C(c2ccc(F)cc2)C1=O. The average Bonchev–Trinajstić information content (AvgIpc) is 2.90. The fourth-order valence-electron chi connectivity index (χ4n) is 2.86. The number of halogens is 1. The van der Waals surface area contributed by atoms with Gasteiger partial charge in [-0.2, -0.15) is 0 Å². The highest BCUT2D eigenvalue weighted by atomic mass is 32.2. The lowest BCUT2D eigenvalue weighted by atomic mass is 10.1. The summed E-state index contributed by atoms with van der Waals surface area (Å²) in [5.41, 5.74) is 1.87. The van der Waals surface area contributed by atoms with Gasteiger partial charge in [-0.3, -0.25) is 9.59 Å². The van der Waals surface area contributed by atoms with Crippen LogP contribution in [0.4, 0.5) is 10.1 Å². The Kier molecular flexibility index (Phi) is 5.62. The van der Waals surface area contributed by atoms with Gasteiger partial charge in [0.25, 0.3) is 11.8 Å². The van der Waals surface area contributed by atoms with Gasteiger partial charge in [-0.15, -0.1) is 11.8 Å². The standard InChI is InChI=1S/C20H18FNO4S/c1-12-3-8-16(26-2)15(11-12)22-19(24)17(13-4-6-14(21)7-5-13)18(20(22)25)27-10-9-23/h3-8,11,23H,9-10H2,1-2H3. The van der Waals surface area contributed by atoms with Crippen LogP contribution >= 0.6 is 11.8 Å². The minimum Gasteiger partial charge on any atom is -0.495 e. The molecule has 0 bridgehead atoms. The second kappa shape index (κ2) is 7.94. The zero-order chi connectivity index (χ0) is 19.6. The third kappa shape index (κ3) is 3.61. The van der Waals surface area contributed by atoms with Crippen molar-refractivity contribution in [2.75, 3.05) is 24.4 Å². The van der Waals surface area contributed by atoms with Crippen LogP contribution in [0.2, 0.25) is 0 Å². The number of hydrogen-bond donors (Lipinski definition) is 1. The van der Waals surface area contributed by atoms with Crippen molar-refractivity contribution >= 4 is 34.8 Å². The smallest absolute Gasteiger partial charge is 0.272 e. The van der Waals surface area contributed by atoms with E-state index in [1.165, 1.54) is 31.4 Å². The number of aliphatic hydroxyl groups excluding tert-OH is 1. The van der Waals surface area contributed by atoms with Crippen molar-refractivity contribution in [1.82, 2.24) is 0 Å². The minimum atomic E-state index is -0.504. The highest BCUT2D eigenvalue weighted by molar-refractivity contribution is 8.04. The minimum absolute atomic E-state index is 0.139. The number of benzene rings is 2. The molecule has 1 aliphatic rings. The molecular formula is C20H18FNO4S. The lowest BCUT2D eigenvalue weighted by molar-refractivity contribution is -0.119. The Morgan fingerprint density at radius 2 is 1.81 bits per heavy atom. The Morgan fingerprint density at radius 3 is 2.44 bits per heavy atom. The Bertz CT molecular complexity index is 924. The second-order valence-corrected chi connectivity index (χ2v) is 7.01. The number of anilines is 1. The van der Waals surface area contributed by atoms with Gasteiger partial charge in [-0.25, -0.2) is 9.29 Å². The van der Waals surface area contributed by atoms with Crippen LogP contribution in [-0.4, -0.2) is 36.4 Å². The third-order valence-electron chi connectivity index (χ3n) is 4.09. The number of nitrogens with zero attached hydrogens (tertiary/aromatic N) is 1. The van der Waals surface area contributed by atoms with Crippen LogP contribution in [0.25, 0.3) is 5.57 Å². The van der Waals surface area contributed by atoms with E-state index in [0.717, 1.165) is 22.2 Å². The van der Waals surface area contributed by atoms with Crippen molar-refractivity contribution in [2.24, 2.45) is 0 Å². The zero-order valence-corrected chi connectivity index (χ0v) is 15.7. The van der Waals surface area contributed by atoms with Gasteiger partial charge in [0, 0.05) is 5.75 Å². The molecule has 2 aromatic rings. The van der Waals surface area contributed by atoms with E-state index in [2.05, 4.69) is 0 Å². The van der Waals surface area contributed by atoms with Crippen molar-refractivity contribution in [2.45, 2.75) is 6.92 Å². The first-order valence-electron chi connectivity index (χ1n) is 8.25. The molecule has 1 heterocycles. The number of methoxy groups -OCH3 is 1. The maximum absolute atomic E-state index is 13.3. The fourth-order valence-corrected chi connectivity index (χ4v) is 3.72. The lowest BCUT2D eigenvalue weighted by Crippen LogP contribution is -2.31. The maximum Gasteiger partial charge on any atom is 0.272 e. The molecule has 5 nitrogen and oxygen atoms in total. The van der Waals surface area contributed by atoms with Crippen LogP contribution in [0.1, 0.15) is 11.1 Å². The molecule has 1 N–H and O–H groups in total. The third-order valence-corrected chi connectivity index (χ3v) is 5.14. The van der Waals surface area contributed by atoms with E-state index in [0.29, 0.717) is 17.0 Å². The number of thioether (sulfide) groups is 1. The predicted molar refractivity (Wildman–Crippen MR) is 103 cm³/mol. The molecule has 0 saturated carbocycles. The highest BCUT2D eigenvalue weighted by Gasteiger charge is 2.41. The quantitative estimate of drug-likeness (QED) is 0.772. The molecule has 140 valence electrons. The molecule has 0 aromatic heterocycles. The molecule has 0 fully saturated rings. The van der Waals surface area contributed by atoms with Gasteiger partial charge in [0.15, 0.2) is 0 Å². The summed E-state index contributed by atoms with van der Waals surface area (Å²) in [5.74, 6) is -0.762. The Balaban J connectivity index is 2.12. The number of carbonyl (C=O) groups is 2. The molecule has 0 aliphatic carbocycles. The second-order valence-electron chi connectivity index (χ2n) is 5.90. The van der Waals surface area contributed by atoms with Crippen molar-refractivity contribution in [1.29, 1.82) is 0 Å².